The van der Waals surface area contributed by atoms with E-state index in [9.17, 15) is 0 Å². The Labute approximate surface area is 101 Å². The van der Waals surface area contributed by atoms with Crippen LogP contribution in [0, 0.1) is 25.2 Å². The van der Waals surface area contributed by atoms with Crippen molar-refractivity contribution in [1.29, 1.82) is 5.26 Å². The zero-order valence-corrected chi connectivity index (χ0v) is 10.3. The third-order valence-electron chi connectivity index (χ3n) is 1.64. The van der Waals surface area contributed by atoms with Crippen molar-refractivity contribution in [2.45, 2.75) is 23.3 Å². The average Bonchev–Trinajstić information content (AvgIpc) is 2.63. The summed E-state index contributed by atoms with van der Waals surface area (Å²) in [7, 11) is 0. The molecule has 2 aromatic rings. The van der Waals surface area contributed by atoms with Gasteiger partial charge in [0.15, 0.2) is 9.50 Å². The predicted molar refractivity (Wildman–Crippen MR) is 60.3 cm³/mol. The molecular formula is C9H7N5S2. The van der Waals surface area contributed by atoms with Gasteiger partial charge in [-0.05, 0) is 43.2 Å². The molecule has 0 saturated heterocycles. The van der Waals surface area contributed by atoms with Crippen molar-refractivity contribution in [2.24, 2.45) is 0 Å². The maximum atomic E-state index is 8.78. The summed E-state index contributed by atoms with van der Waals surface area (Å²) in [5.41, 5.74) is 1.14. The minimum atomic E-state index is 0.372. The first-order chi connectivity index (χ1) is 7.67. The van der Waals surface area contributed by atoms with E-state index in [2.05, 4.69) is 19.3 Å². The van der Waals surface area contributed by atoms with Gasteiger partial charge in [0.25, 0.3) is 0 Å². The fourth-order valence-corrected chi connectivity index (χ4v) is 2.62. The third-order valence-corrected chi connectivity index (χ3v) is 3.34. The van der Waals surface area contributed by atoms with Gasteiger partial charge in [0.1, 0.15) is 17.6 Å². The van der Waals surface area contributed by atoms with Crippen LogP contribution in [-0.4, -0.2) is 19.3 Å². The van der Waals surface area contributed by atoms with Crippen LogP contribution in [0.25, 0.3) is 0 Å². The van der Waals surface area contributed by atoms with Crippen molar-refractivity contribution in [3.05, 3.63) is 23.3 Å². The molecule has 0 aliphatic carbocycles. The van der Waals surface area contributed by atoms with E-state index in [1.165, 1.54) is 23.3 Å². The van der Waals surface area contributed by atoms with E-state index in [0.717, 1.165) is 15.9 Å². The first-order valence-corrected chi connectivity index (χ1v) is 6.00. The smallest absolute Gasteiger partial charge is 0.196 e. The van der Waals surface area contributed by atoms with E-state index in [0.29, 0.717) is 10.9 Å². The highest BCUT2D eigenvalue weighted by atomic mass is 32.2. The zero-order valence-electron chi connectivity index (χ0n) is 8.63. The fourth-order valence-electron chi connectivity index (χ4n) is 1.04. The van der Waals surface area contributed by atoms with E-state index < -0.39 is 0 Å². The molecular weight excluding hydrogens is 242 g/mol. The van der Waals surface area contributed by atoms with Crippen molar-refractivity contribution in [1.82, 2.24) is 19.3 Å². The molecule has 0 fully saturated rings. The fraction of sp³-hybridized carbons (Fsp3) is 0.222. The maximum Gasteiger partial charge on any atom is 0.196 e. The van der Waals surface area contributed by atoms with Crippen LogP contribution in [0.4, 0.5) is 0 Å². The van der Waals surface area contributed by atoms with E-state index in [-0.39, 0.29) is 0 Å². The molecule has 80 valence electrons. The average molecular weight is 249 g/mol. The molecule has 2 heterocycles. The van der Waals surface area contributed by atoms with Crippen LogP contribution < -0.4 is 0 Å². The Bertz CT molecular complexity index is 557. The van der Waals surface area contributed by atoms with Gasteiger partial charge < -0.3 is 0 Å². The molecule has 16 heavy (non-hydrogen) atoms. The second kappa shape index (κ2) is 4.55. The van der Waals surface area contributed by atoms with Crippen LogP contribution in [0.1, 0.15) is 17.2 Å². The maximum absolute atomic E-state index is 8.78. The first-order valence-electron chi connectivity index (χ1n) is 4.41. The van der Waals surface area contributed by atoms with Gasteiger partial charge >= 0.3 is 0 Å². The minimum Gasteiger partial charge on any atom is -0.227 e. The summed E-state index contributed by atoms with van der Waals surface area (Å²) < 4.78 is 4.85. The zero-order chi connectivity index (χ0) is 11.5. The summed E-state index contributed by atoms with van der Waals surface area (Å²) in [4.78, 5) is 12.5. The molecule has 0 amide bonds. The van der Waals surface area contributed by atoms with Crippen LogP contribution >= 0.6 is 23.3 Å². The summed E-state index contributed by atoms with van der Waals surface area (Å²) in [5, 5.41) is 9.32. The van der Waals surface area contributed by atoms with Crippen molar-refractivity contribution >= 4 is 23.3 Å². The van der Waals surface area contributed by atoms with Crippen LogP contribution in [0.15, 0.2) is 15.6 Å². The summed E-state index contributed by atoms with van der Waals surface area (Å²) in [6.45, 7) is 3.66. The van der Waals surface area contributed by atoms with Gasteiger partial charge in [-0.3, -0.25) is 0 Å². The van der Waals surface area contributed by atoms with Crippen molar-refractivity contribution < 1.29 is 0 Å². The molecule has 7 heteroatoms. The number of aromatic nitrogens is 4. The van der Waals surface area contributed by atoms with Gasteiger partial charge in [-0.2, -0.15) is 9.64 Å². The predicted octanol–water partition coefficient (Wildman–Crippen LogP) is 1.97. The Kier molecular flexibility index (Phi) is 3.12. The number of nitrogens with zero attached hydrogens (tertiary/aromatic N) is 5. The Morgan fingerprint density at radius 2 is 2.12 bits per heavy atom. The summed E-state index contributed by atoms with van der Waals surface area (Å²) in [6, 6.07) is 3.65. The lowest BCUT2D eigenvalue weighted by atomic mass is 10.4. The largest absolute Gasteiger partial charge is 0.227 e. The topological polar surface area (TPSA) is 75.3 Å². The van der Waals surface area contributed by atoms with E-state index in [1.54, 1.807) is 6.07 Å². The Morgan fingerprint density at radius 1 is 1.31 bits per heavy atom. The number of hydrogen-bond acceptors (Lipinski definition) is 7. The summed E-state index contributed by atoms with van der Waals surface area (Å²) >= 11 is 2.63. The standard InChI is InChI=1S/C9H7N5S2/c1-5-3-7(4-10)13-8(11-5)15-9-12-6(2)14-16-9/h3H,1-2H3. The quantitative estimate of drug-likeness (QED) is 0.757. The minimum absolute atomic E-state index is 0.372. The van der Waals surface area contributed by atoms with Crippen molar-refractivity contribution in [3.8, 4) is 6.07 Å². The lowest BCUT2D eigenvalue weighted by molar-refractivity contribution is 0.918. The Hall–Kier alpha value is -1.52. The van der Waals surface area contributed by atoms with Gasteiger partial charge in [0.2, 0.25) is 0 Å². The SMILES string of the molecule is Cc1cc(C#N)nc(Sc2nc(C)ns2)n1. The number of aryl methyl sites for hydroxylation is 2. The Morgan fingerprint density at radius 3 is 2.75 bits per heavy atom. The molecule has 0 N–H and O–H groups in total. The summed E-state index contributed by atoms with van der Waals surface area (Å²) in [5.74, 6) is 0.737. The molecule has 0 saturated carbocycles. The molecule has 0 spiro atoms. The number of hydrogen-bond donors (Lipinski definition) is 0. The summed E-state index contributed by atoms with van der Waals surface area (Å²) in [6.07, 6.45) is 0. The van der Waals surface area contributed by atoms with Gasteiger partial charge in [-0.1, -0.05) is 0 Å². The molecule has 2 rings (SSSR count). The molecule has 0 bridgehead atoms. The van der Waals surface area contributed by atoms with Crippen LogP contribution in [0.2, 0.25) is 0 Å². The highest BCUT2D eigenvalue weighted by molar-refractivity contribution is 8.00. The number of rotatable bonds is 2. The molecule has 0 unspecified atom stereocenters. The lowest BCUT2D eigenvalue weighted by Crippen LogP contribution is -1.93. The van der Waals surface area contributed by atoms with E-state index >= 15 is 0 Å². The van der Waals surface area contributed by atoms with Gasteiger partial charge in [-0.15, -0.1) is 0 Å². The Balaban J connectivity index is 2.28. The van der Waals surface area contributed by atoms with E-state index in [4.69, 9.17) is 5.26 Å². The van der Waals surface area contributed by atoms with Crippen LogP contribution in [0.3, 0.4) is 0 Å². The molecule has 0 aliphatic rings. The lowest BCUT2D eigenvalue weighted by Gasteiger charge is -1.98. The normalized spacial score (nSPS) is 10.1. The first kappa shape index (κ1) is 11.0. The third kappa shape index (κ3) is 2.53. The highest BCUT2D eigenvalue weighted by Gasteiger charge is 2.07. The molecule has 5 nitrogen and oxygen atoms in total. The van der Waals surface area contributed by atoms with Gasteiger partial charge in [0, 0.05) is 5.69 Å². The van der Waals surface area contributed by atoms with E-state index in [1.807, 2.05) is 19.9 Å². The van der Waals surface area contributed by atoms with Gasteiger partial charge in [0.05, 0.1) is 0 Å². The van der Waals surface area contributed by atoms with Gasteiger partial charge in [-0.25, -0.2) is 15.0 Å². The molecule has 0 aliphatic heterocycles. The van der Waals surface area contributed by atoms with Crippen LogP contribution in [0.5, 0.6) is 0 Å². The van der Waals surface area contributed by atoms with Crippen molar-refractivity contribution in [2.75, 3.05) is 0 Å². The monoisotopic (exact) mass is 249 g/mol. The highest BCUT2D eigenvalue weighted by Crippen LogP contribution is 2.26. The van der Waals surface area contributed by atoms with Crippen LogP contribution in [-0.2, 0) is 0 Å². The molecule has 0 aromatic carbocycles. The number of nitriles is 1. The second-order valence-corrected chi connectivity index (χ2v) is 4.96. The molecule has 2 aromatic heterocycles. The molecule has 0 atom stereocenters. The van der Waals surface area contributed by atoms with Crippen molar-refractivity contribution in [3.63, 3.8) is 0 Å². The second-order valence-electron chi connectivity index (χ2n) is 3.00. The molecule has 0 radical (unpaired) electrons.